The van der Waals surface area contributed by atoms with Crippen molar-refractivity contribution in [2.45, 2.75) is 37.5 Å². The molecule has 0 spiro atoms. The molecular formula is C14H20ClNO2S. The molecule has 1 saturated heterocycles. The van der Waals surface area contributed by atoms with Gasteiger partial charge in [0, 0.05) is 18.5 Å². The summed E-state index contributed by atoms with van der Waals surface area (Å²) in [7, 11) is -3.42. The van der Waals surface area contributed by atoms with Gasteiger partial charge in [-0.1, -0.05) is 19.1 Å². The Morgan fingerprint density at radius 2 is 2.00 bits per heavy atom. The van der Waals surface area contributed by atoms with Crippen LogP contribution in [0.25, 0.3) is 0 Å². The Balaban J connectivity index is 2.35. The second-order valence-corrected chi connectivity index (χ2v) is 7.88. The normalized spacial score (nSPS) is 25.5. The fraction of sp³-hybridized carbons (Fsp3) is 0.571. The molecule has 0 aromatic heterocycles. The largest absolute Gasteiger partial charge is 0.243 e. The molecule has 1 heterocycles. The zero-order valence-electron chi connectivity index (χ0n) is 11.6. The Hall–Kier alpha value is -0.580. The summed E-state index contributed by atoms with van der Waals surface area (Å²) < 4.78 is 26.9. The predicted octanol–water partition coefficient (Wildman–Crippen LogP) is 2.94. The molecule has 19 heavy (non-hydrogen) atoms. The average Bonchev–Trinajstić information content (AvgIpc) is 2.35. The van der Waals surface area contributed by atoms with Crippen molar-refractivity contribution >= 4 is 21.6 Å². The smallest absolute Gasteiger partial charge is 0.207 e. The zero-order chi connectivity index (χ0) is 14.2. The first-order chi connectivity index (χ1) is 8.82. The van der Waals surface area contributed by atoms with Crippen LogP contribution in [-0.2, 0) is 10.0 Å². The molecule has 1 aliphatic heterocycles. The van der Waals surface area contributed by atoms with Crippen molar-refractivity contribution in [1.82, 2.24) is 4.31 Å². The van der Waals surface area contributed by atoms with Crippen LogP contribution in [0.2, 0.25) is 0 Å². The SMILES string of the molecule is Cc1ccc(C)c(S(=O)(=O)N2CCC(C)C(Cl)C2)c1. The molecule has 106 valence electrons. The van der Waals surface area contributed by atoms with E-state index >= 15 is 0 Å². The maximum Gasteiger partial charge on any atom is 0.243 e. The van der Waals surface area contributed by atoms with Crippen molar-refractivity contribution in [3.63, 3.8) is 0 Å². The van der Waals surface area contributed by atoms with Crippen LogP contribution < -0.4 is 0 Å². The van der Waals surface area contributed by atoms with E-state index in [1.54, 1.807) is 6.07 Å². The van der Waals surface area contributed by atoms with E-state index < -0.39 is 10.0 Å². The van der Waals surface area contributed by atoms with E-state index in [0.29, 0.717) is 23.9 Å². The Kier molecular flexibility index (Phi) is 4.23. The van der Waals surface area contributed by atoms with E-state index in [9.17, 15) is 8.42 Å². The van der Waals surface area contributed by atoms with Gasteiger partial charge in [0.25, 0.3) is 0 Å². The molecule has 0 aliphatic carbocycles. The number of hydrogen-bond donors (Lipinski definition) is 0. The van der Waals surface area contributed by atoms with Crippen molar-refractivity contribution in [2.24, 2.45) is 5.92 Å². The van der Waals surface area contributed by atoms with Crippen LogP contribution in [0.5, 0.6) is 0 Å². The summed E-state index contributed by atoms with van der Waals surface area (Å²) in [6.07, 6.45) is 0.818. The van der Waals surface area contributed by atoms with Crippen LogP contribution in [0, 0.1) is 19.8 Å². The highest BCUT2D eigenvalue weighted by Crippen LogP contribution is 2.28. The third kappa shape index (κ3) is 2.96. The van der Waals surface area contributed by atoms with Gasteiger partial charge < -0.3 is 0 Å². The zero-order valence-corrected chi connectivity index (χ0v) is 13.1. The minimum atomic E-state index is -3.42. The topological polar surface area (TPSA) is 37.4 Å². The van der Waals surface area contributed by atoms with E-state index in [0.717, 1.165) is 17.5 Å². The van der Waals surface area contributed by atoms with Gasteiger partial charge in [-0.25, -0.2) is 8.42 Å². The molecule has 2 atom stereocenters. The molecule has 2 rings (SSSR count). The summed E-state index contributed by atoms with van der Waals surface area (Å²) in [4.78, 5) is 0.408. The van der Waals surface area contributed by atoms with E-state index in [-0.39, 0.29) is 5.38 Å². The van der Waals surface area contributed by atoms with Gasteiger partial charge >= 0.3 is 0 Å². The lowest BCUT2D eigenvalue weighted by Crippen LogP contribution is -2.43. The number of hydrogen-bond acceptors (Lipinski definition) is 2. The lowest BCUT2D eigenvalue weighted by molar-refractivity contribution is 0.293. The first kappa shape index (κ1) is 14.8. The molecule has 2 unspecified atom stereocenters. The molecule has 0 saturated carbocycles. The molecule has 1 fully saturated rings. The average molecular weight is 302 g/mol. The van der Waals surface area contributed by atoms with E-state index in [2.05, 4.69) is 6.92 Å². The van der Waals surface area contributed by atoms with E-state index in [1.807, 2.05) is 26.0 Å². The van der Waals surface area contributed by atoms with Crippen LogP contribution in [0.4, 0.5) is 0 Å². The van der Waals surface area contributed by atoms with Gasteiger partial charge in [0.1, 0.15) is 0 Å². The van der Waals surface area contributed by atoms with Gasteiger partial charge in [-0.2, -0.15) is 4.31 Å². The molecule has 3 nitrogen and oxygen atoms in total. The number of aryl methyl sites for hydroxylation is 2. The molecule has 1 aromatic carbocycles. The summed E-state index contributed by atoms with van der Waals surface area (Å²) in [5.41, 5.74) is 1.74. The number of piperidine rings is 1. The van der Waals surface area contributed by atoms with Gasteiger partial charge in [-0.05, 0) is 43.4 Å². The van der Waals surface area contributed by atoms with Gasteiger partial charge in [0.15, 0.2) is 0 Å². The maximum absolute atomic E-state index is 12.7. The van der Waals surface area contributed by atoms with Crippen LogP contribution >= 0.6 is 11.6 Å². The first-order valence-corrected chi connectivity index (χ1v) is 8.41. The van der Waals surface area contributed by atoms with Crippen LogP contribution in [0.3, 0.4) is 0 Å². The van der Waals surface area contributed by atoms with Gasteiger partial charge in [0.05, 0.1) is 4.90 Å². The minimum absolute atomic E-state index is 0.103. The predicted molar refractivity (Wildman–Crippen MR) is 78.1 cm³/mol. The van der Waals surface area contributed by atoms with Gasteiger partial charge in [0.2, 0.25) is 10.0 Å². The Morgan fingerprint density at radius 1 is 1.32 bits per heavy atom. The van der Waals surface area contributed by atoms with Crippen LogP contribution in [0.15, 0.2) is 23.1 Å². The fourth-order valence-corrected chi connectivity index (χ4v) is 4.50. The summed E-state index contributed by atoms with van der Waals surface area (Å²) in [5, 5.41) is -0.103. The second kappa shape index (κ2) is 5.43. The molecule has 1 aliphatic rings. The van der Waals surface area contributed by atoms with Crippen molar-refractivity contribution in [3.05, 3.63) is 29.3 Å². The second-order valence-electron chi connectivity index (χ2n) is 5.41. The lowest BCUT2D eigenvalue weighted by Gasteiger charge is -2.33. The molecular weight excluding hydrogens is 282 g/mol. The van der Waals surface area contributed by atoms with E-state index in [1.165, 1.54) is 4.31 Å². The number of sulfonamides is 1. The molecule has 5 heteroatoms. The number of nitrogens with zero attached hydrogens (tertiary/aromatic N) is 1. The third-order valence-corrected chi connectivity index (χ3v) is 6.37. The number of rotatable bonds is 2. The highest BCUT2D eigenvalue weighted by molar-refractivity contribution is 7.89. The van der Waals surface area contributed by atoms with Crippen molar-refractivity contribution < 1.29 is 8.42 Å². The summed E-state index contributed by atoms with van der Waals surface area (Å²) in [5.74, 6) is 0.367. The first-order valence-electron chi connectivity index (χ1n) is 6.54. The fourth-order valence-electron chi connectivity index (χ4n) is 2.34. The summed E-state index contributed by atoms with van der Waals surface area (Å²) in [6.45, 7) is 6.76. The summed E-state index contributed by atoms with van der Waals surface area (Å²) >= 11 is 6.22. The number of halogens is 1. The Bertz CT molecular complexity index is 571. The number of benzene rings is 1. The Morgan fingerprint density at radius 3 is 2.63 bits per heavy atom. The van der Waals surface area contributed by atoms with Crippen molar-refractivity contribution in [1.29, 1.82) is 0 Å². The highest BCUT2D eigenvalue weighted by atomic mass is 35.5. The molecule has 0 N–H and O–H groups in total. The lowest BCUT2D eigenvalue weighted by atomic mass is 10.0. The molecule has 0 radical (unpaired) electrons. The van der Waals surface area contributed by atoms with Crippen LogP contribution in [-0.4, -0.2) is 31.2 Å². The van der Waals surface area contributed by atoms with Crippen molar-refractivity contribution in [2.75, 3.05) is 13.1 Å². The monoisotopic (exact) mass is 301 g/mol. The van der Waals surface area contributed by atoms with Crippen molar-refractivity contribution in [3.8, 4) is 0 Å². The Labute approximate surface area is 120 Å². The molecule has 0 bridgehead atoms. The molecule has 1 aromatic rings. The van der Waals surface area contributed by atoms with E-state index in [4.69, 9.17) is 11.6 Å². The standard InChI is InChI=1S/C14H20ClNO2S/c1-10-4-5-12(3)14(8-10)19(17,18)16-7-6-11(2)13(15)9-16/h4-5,8,11,13H,6-7,9H2,1-3H3. The third-order valence-electron chi connectivity index (χ3n) is 3.79. The van der Waals surface area contributed by atoms with Crippen LogP contribution in [0.1, 0.15) is 24.5 Å². The highest BCUT2D eigenvalue weighted by Gasteiger charge is 2.33. The van der Waals surface area contributed by atoms with Gasteiger partial charge in [-0.3, -0.25) is 0 Å². The molecule has 0 amide bonds. The summed E-state index contributed by atoms with van der Waals surface area (Å²) in [6, 6.07) is 5.52. The quantitative estimate of drug-likeness (QED) is 0.788. The maximum atomic E-state index is 12.7. The number of alkyl halides is 1. The minimum Gasteiger partial charge on any atom is -0.207 e. The van der Waals surface area contributed by atoms with Gasteiger partial charge in [-0.15, -0.1) is 11.6 Å².